The zero-order valence-corrected chi connectivity index (χ0v) is 14.7. The van der Waals surface area contributed by atoms with Gasteiger partial charge in [-0.05, 0) is 30.2 Å². The number of carbonyl (C=O) groups is 2. The SMILES string of the molecule is Cl.NC(CNC(=O)c1cccc(N2CCCC2=O)c1)c1ccccc1. The van der Waals surface area contributed by atoms with Crippen molar-refractivity contribution in [3.63, 3.8) is 0 Å². The van der Waals surface area contributed by atoms with Gasteiger partial charge >= 0.3 is 0 Å². The molecule has 1 atom stereocenters. The molecule has 0 bridgehead atoms. The highest BCUT2D eigenvalue weighted by atomic mass is 35.5. The number of nitrogens with two attached hydrogens (primary N) is 1. The molecule has 0 saturated carbocycles. The van der Waals surface area contributed by atoms with E-state index in [2.05, 4.69) is 5.32 Å². The lowest BCUT2D eigenvalue weighted by atomic mass is 10.1. The minimum atomic E-state index is -0.251. The van der Waals surface area contributed by atoms with Gasteiger partial charge in [0.2, 0.25) is 5.91 Å². The van der Waals surface area contributed by atoms with E-state index < -0.39 is 0 Å². The number of nitrogens with zero attached hydrogens (tertiary/aromatic N) is 1. The van der Waals surface area contributed by atoms with E-state index in [1.54, 1.807) is 23.1 Å². The van der Waals surface area contributed by atoms with Gasteiger partial charge in [-0.3, -0.25) is 9.59 Å². The van der Waals surface area contributed by atoms with E-state index in [1.165, 1.54) is 0 Å². The van der Waals surface area contributed by atoms with Gasteiger partial charge in [-0.25, -0.2) is 0 Å². The Kier molecular flexibility index (Phi) is 6.56. The van der Waals surface area contributed by atoms with Crippen molar-refractivity contribution in [2.75, 3.05) is 18.0 Å². The van der Waals surface area contributed by atoms with Crippen molar-refractivity contribution < 1.29 is 9.59 Å². The van der Waals surface area contributed by atoms with E-state index in [0.29, 0.717) is 25.1 Å². The highest BCUT2D eigenvalue weighted by Crippen LogP contribution is 2.22. The number of halogens is 1. The molecule has 0 radical (unpaired) electrons. The van der Waals surface area contributed by atoms with Crippen molar-refractivity contribution in [2.24, 2.45) is 5.73 Å². The number of amides is 2. The maximum Gasteiger partial charge on any atom is 0.251 e. The minimum Gasteiger partial charge on any atom is -0.350 e. The van der Waals surface area contributed by atoms with Gasteiger partial charge in [0.1, 0.15) is 0 Å². The average molecular weight is 360 g/mol. The van der Waals surface area contributed by atoms with Gasteiger partial charge < -0.3 is 16.0 Å². The van der Waals surface area contributed by atoms with Gasteiger partial charge in [-0.15, -0.1) is 12.4 Å². The monoisotopic (exact) mass is 359 g/mol. The number of hydrogen-bond donors (Lipinski definition) is 2. The van der Waals surface area contributed by atoms with Gasteiger partial charge in [-0.1, -0.05) is 36.4 Å². The van der Waals surface area contributed by atoms with Crippen LogP contribution < -0.4 is 16.0 Å². The molecule has 2 amide bonds. The summed E-state index contributed by atoms with van der Waals surface area (Å²) in [6.07, 6.45) is 1.43. The second-order valence-corrected chi connectivity index (χ2v) is 5.93. The molecule has 3 rings (SSSR count). The van der Waals surface area contributed by atoms with Crippen molar-refractivity contribution in [3.8, 4) is 0 Å². The first-order chi connectivity index (χ1) is 11.6. The Morgan fingerprint density at radius 2 is 1.92 bits per heavy atom. The summed E-state index contributed by atoms with van der Waals surface area (Å²) in [5.41, 5.74) is 8.39. The molecule has 5 nitrogen and oxygen atoms in total. The molecule has 132 valence electrons. The van der Waals surface area contributed by atoms with Crippen LogP contribution in [0.5, 0.6) is 0 Å². The van der Waals surface area contributed by atoms with Crippen molar-refractivity contribution in [2.45, 2.75) is 18.9 Å². The van der Waals surface area contributed by atoms with Crippen LogP contribution in [-0.4, -0.2) is 24.9 Å². The summed E-state index contributed by atoms with van der Waals surface area (Å²) < 4.78 is 0. The molecule has 0 spiro atoms. The Bertz CT molecular complexity index is 736. The topological polar surface area (TPSA) is 75.4 Å². The molecule has 25 heavy (non-hydrogen) atoms. The molecule has 3 N–H and O–H groups in total. The van der Waals surface area contributed by atoms with Crippen molar-refractivity contribution >= 4 is 29.9 Å². The lowest BCUT2D eigenvalue weighted by Gasteiger charge is -2.17. The van der Waals surface area contributed by atoms with Crippen LogP contribution in [0.4, 0.5) is 5.69 Å². The van der Waals surface area contributed by atoms with E-state index in [4.69, 9.17) is 5.73 Å². The van der Waals surface area contributed by atoms with Gasteiger partial charge in [0, 0.05) is 36.8 Å². The maximum atomic E-state index is 12.4. The van der Waals surface area contributed by atoms with Crippen LogP contribution in [0.25, 0.3) is 0 Å². The number of nitrogens with one attached hydrogen (secondary N) is 1. The Balaban J connectivity index is 0.00000225. The summed E-state index contributed by atoms with van der Waals surface area (Å²) in [6.45, 7) is 1.07. The summed E-state index contributed by atoms with van der Waals surface area (Å²) in [5.74, 6) is -0.0754. The predicted molar refractivity (Wildman–Crippen MR) is 101 cm³/mol. The summed E-state index contributed by atoms with van der Waals surface area (Å²) in [6, 6.07) is 16.6. The first-order valence-corrected chi connectivity index (χ1v) is 8.14. The molecule has 1 heterocycles. The van der Waals surface area contributed by atoms with Crippen molar-refractivity contribution in [1.29, 1.82) is 0 Å². The van der Waals surface area contributed by atoms with Gasteiger partial charge in [0.15, 0.2) is 0 Å². The first kappa shape index (κ1) is 19.0. The van der Waals surface area contributed by atoms with Crippen LogP contribution in [0.2, 0.25) is 0 Å². The van der Waals surface area contributed by atoms with E-state index in [1.807, 2.05) is 36.4 Å². The molecule has 1 fully saturated rings. The summed E-state index contributed by atoms with van der Waals surface area (Å²) in [7, 11) is 0. The van der Waals surface area contributed by atoms with Gasteiger partial charge in [0.25, 0.3) is 5.91 Å². The predicted octanol–water partition coefficient (Wildman–Crippen LogP) is 2.67. The quantitative estimate of drug-likeness (QED) is 0.861. The third-order valence-electron chi connectivity index (χ3n) is 4.20. The minimum absolute atomic E-state index is 0. The highest BCUT2D eigenvalue weighted by molar-refractivity contribution is 5.99. The fraction of sp³-hybridized carbons (Fsp3) is 0.263. The van der Waals surface area contributed by atoms with Crippen LogP contribution >= 0.6 is 12.4 Å². The van der Waals surface area contributed by atoms with Gasteiger partial charge in [-0.2, -0.15) is 0 Å². The number of benzene rings is 2. The normalized spacial score (nSPS) is 14.8. The zero-order valence-electron chi connectivity index (χ0n) is 13.9. The first-order valence-electron chi connectivity index (χ1n) is 8.14. The van der Waals surface area contributed by atoms with Crippen molar-refractivity contribution in [3.05, 3.63) is 65.7 Å². The fourth-order valence-electron chi connectivity index (χ4n) is 2.86. The molecule has 2 aromatic rings. The van der Waals surface area contributed by atoms with Crippen LogP contribution in [0, 0.1) is 0 Å². The van der Waals surface area contributed by atoms with E-state index in [0.717, 1.165) is 17.7 Å². The second kappa shape index (κ2) is 8.65. The Morgan fingerprint density at radius 3 is 2.60 bits per heavy atom. The molecule has 1 unspecified atom stereocenters. The summed E-state index contributed by atoms with van der Waals surface area (Å²) in [5, 5.41) is 2.86. The van der Waals surface area contributed by atoms with Crippen LogP contribution in [0.3, 0.4) is 0 Å². The maximum absolute atomic E-state index is 12.4. The fourth-order valence-corrected chi connectivity index (χ4v) is 2.86. The van der Waals surface area contributed by atoms with Gasteiger partial charge in [0.05, 0.1) is 0 Å². The third kappa shape index (κ3) is 4.59. The molecule has 1 saturated heterocycles. The van der Waals surface area contributed by atoms with E-state index in [-0.39, 0.29) is 30.3 Å². The summed E-state index contributed by atoms with van der Waals surface area (Å²) >= 11 is 0. The third-order valence-corrected chi connectivity index (χ3v) is 4.20. The average Bonchev–Trinajstić information content (AvgIpc) is 3.06. The molecular weight excluding hydrogens is 338 g/mol. The highest BCUT2D eigenvalue weighted by Gasteiger charge is 2.22. The second-order valence-electron chi connectivity index (χ2n) is 5.93. The molecule has 1 aliphatic rings. The number of anilines is 1. The van der Waals surface area contributed by atoms with E-state index >= 15 is 0 Å². The lowest BCUT2D eigenvalue weighted by molar-refractivity contribution is -0.117. The Labute approximate surface area is 153 Å². The number of hydrogen-bond acceptors (Lipinski definition) is 3. The molecule has 0 aliphatic carbocycles. The van der Waals surface area contributed by atoms with Crippen LogP contribution in [0.15, 0.2) is 54.6 Å². The molecule has 2 aromatic carbocycles. The summed E-state index contributed by atoms with van der Waals surface area (Å²) in [4.78, 5) is 25.9. The molecule has 6 heteroatoms. The molecule has 0 aromatic heterocycles. The number of carbonyl (C=O) groups excluding carboxylic acids is 2. The Morgan fingerprint density at radius 1 is 1.16 bits per heavy atom. The van der Waals surface area contributed by atoms with Crippen molar-refractivity contribution in [1.82, 2.24) is 5.32 Å². The van der Waals surface area contributed by atoms with Crippen LogP contribution in [0.1, 0.15) is 34.8 Å². The lowest BCUT2D eigenvalue weighted by Crippen LogP contribution is -2.32. The largest absolute Gasteiger partial charge is 0.350 e. The number of rotatable bonds is 5. The smallest absolute Gasteiger partial charge is 0.251 e. The molecular formula is C19H22ClN3O2. The molecule has 1 aliphatic heterocycles. The Hall–Kier alpha value is -2.37. The van der Waals surface area contributed by atoms with Crippen LogP contribution in [-0.2, 0) is 4.79 Å². The van der Waals surface area contributed by atoms with E-state index in [9.17, 15) is 9.59 Å². The zero-order chi connectivity index (χ0) is 16.9. The standard InChI is InChI=1S/C19H21N3O2.ClH/c20-17(14-6-2-1-3-7-14)13-21-19(24)15-8-4-9-16(12-15)22-11-5-10-18(22)23;/h1-4,6-9,12,17H,5,10-11,13,20H2,(H,21,24);1H.